The van der Waals surface area contributed by atoms with Gasteiger partial charge in [0.05, 0.1) is 10.6 Å². The fourth-order valence-corrected chi connectivity index (χ4v) is 1.39. The maximum absolute atomic E-state index is 12.5. The van der Waals surface area contributed by atoms with E-state index in [9.17, 15) is 22.8 Å². The van der Waals surface area contributed by atoms with Crippen LogP contribution in [-0.2, 0) is 15.8 Å². The van der Waals surface area contributed by atoms with Crippen LogP contribution in [0.3, 0.4) is 0 Å². The molecule has 0 aliphatic carbocycles. The van der Waals surface area contributed by atoms with Gasteiger partial charge in [0.15, 0.2) is 0 Å². The third-order valence-corrected chi connectivity index (χ3v) is 2.20. The number of benzene rings is 1. The number of alkyl halides is 3. The molecule has 0 aliphatic heterocycles. The maximum Gasteiger partial charge on any atom is 0.417 e. The third-order valence-electron chi connectivity index (χ3n) is 1.87. The molecule has 4 nitrogen and oxygen atoms in total. The molecule has 1 aromatic carbocycles. The van der Waals surface area contributed by atoms with E-state index in [0.29, 0.717) is 6.07 Å². The molecule has 98 valence electrons. The first-order valence-corrected chi connectivity index (χ1v) is 4.96. The Bertz CT molecular complexity index is 488. The lowest BCUT2D eigenvalue weighted by Gasteiger charge is -2.11. The zero-order valence-corrected chi connectivity index (χ0v) is 9.47. The predicted molar refractivity (Wildman–Crippen MR) is 57.3 cm³/mol. The van der Waals surface area contributed by atoms with E-state index in [1.807, 2.05) is 5.32 Å². The Morgan fingerprint density at radius 3 is 2.44 bits per heavy atom. The van der Waals surface area contributed by atoms with Gasteiger partial charge in [-0.2, -0.15) is 13.2 Å². The highest BCUT2D eigenvalue weighted by atomic mass is 35.5. The second-order valence-corrected chi connectivity index (χ2v) is 3.72. The van der Waals surface area contributed by atoms with Crippen molar-refractivity contribution in [2.24, 2.45) is 0 Å². The topological polar surface area (TPSA) is 66.4 Å². The lowest BCUT2D eigenvalue weighted by Crippen LogP contribution is -2.16. The maximum atomic E-state index is 12.5. The number of amides is 1. The highest BCUT2D eigenvalue weighted by molar-refractivity contribution is 6.31. The highest BCUT2D eigenvalue weighted by Gasteiger charge is 2.33. The van der Waals surface area contributed by atoms with Crippen LogP contribution in [-0.4, -0.2) is 17.0 Å². The molecule has 2 N–H and O–H groups in total. The molecular weight excluding hydrogens is 275 g/mol. The van der Waals surface area contributed by atoms with E-state index >= 15 is 0 Å². The van der Waals surface area contributed by atoms with Gasteiger partial charge >= 0.3 is 12.1 Å². The Morgan fingerprint density at radius 1 is 1.33 bits per heavy atom. The average molecular weight is 282 g/mol. The lowest BCUT2D eigenvalue weighted by atomic mass is 10.2. The third kappa shape index (κ3) is 3.92. The molecule has 0 saturated heterocycles. The first-order valence-electron chi connectivity index (χ1n) is 4.58. The zero-order chi connectivity index (χ0) is 13.9. The smallest absolute Gasteiger partial charge is 0.417 e. The molecule has 0 spiro atoms. The van der Waals surface area contributed by atoms with Crippen LogP contribution in [0.5, 0.6) is 0 Å². The van der Waals surface area contributed by atoms with Gasteiger partial charge in [-0.3, -0.25) is 9.59 Å². The van der Waals surface area contributed by atoms with E-state index in [1.165, 1.54) is 0 Å². The summed E-state index contributed by atoms with van der Waals surface area (Å²) in [5.74, 6) is -2.30. The van der Waals surface area contributed by atoms with Crippen molar-refractivity contribution in [1.29, 1.82) is 0 Å². The van der Waals surface area contributed by atoms with Crippen molar-refractivity contribution in [3.63, 3.8) is 0 Å². The van der Waals surface area contributed by atoms with Crippen LogP contribution >= 0.6 is 11.6 Å². The number of rotatable bonds is 3. The van der Waals surface area contributed by atoms with E-state index in [2.05, 4.69) is 0 Å². The van der Waals surface area contributed by atoms with E-state index in [4.69, 9.17) is 16.7 Å². The van der Waals surface area contributed by atoms with Crippen molar-refractivity contribution in [1.82, 2.24) is 0 Å². The van der Waals surface area contributed by atoms with Gasteiger partial charge in [-0.25, -0.2) is 0 Å². The summed E-state index contributed by atoms with van der Waals surface area (Å²) in [6.45, 7) is 0. The van der Waals surface area contributed by atoms with Gasteiger partial charge in [-0.15, -0.1) is 0 Å². The lowest BCUT2D eigenvalue weighted by molar-refractivity contribution is -0.140. The first-order chi connectivity index (χ1) is 8.20. The molecule has 0 heterocycles. The number of hydrogen-bond donors (Lipinski definition) is 2. The Hall–Kier alpha value is -1.76. The van der Waals surface area contributed by atoms with E-state index in [1.54, 1.807) is 0 Å². The number of halogens is 4. The molecule has 1 amide bonds. The molecule has 0 bridgehead atoms. The number of nitrogens with one attached hydrogen (secondary N) is 1. The second-order valence-electron chi connectivity index (χ2n) is 3.31. The second kappa shape index (κ2) is 5.26. The van der Waals surface area contributed by atoms with Crippen molar-refractivity contribution in [2.45, 2.75) is 12.6 Å². The monoisotopic (exact) mass is 281 g/mol. The van der Waals surface area contributed by atoms with Crippen LogP contribution in [0.1, 0.15) is 12.0 Å². The number of carboxylic acid groups (broad SMARTS) is 1. The number of carboxylic acids is 1. The van der Waals surface area contributed by atoms with Crippen LogP contribution in [0, 0.1) is 0 Å². The quantitative estimate of drug-likeness (QED) is 0.837. The minimum atomic E-state index is -4.65. The van der Waals surface area contributed by atoms with Gasteiger partial charge in [-0.1, -0.05) is 11.6 Å². The molecule has 0 fully saturated rings. The van der Waals surface area contributed by atoms with Gasteiger partial charge in [-0.05, 0) is 18.2 Å². The Morgan fingerprint density at radius 2 is 1.94 bits per heavy atom. The Balaban J connectivity index is 2.92. The fourth-order valence-electron chi connectivity index (χ4n) is 1.16. The summed E-state index contributed by atoms with van der Waals surface area (Å²) < 4.78 is 37.5. The molecular formula is C10H7ClF3NO3. The molecule has 1 rings (SSSR count). The van der Waals surface area contributed by atoms with Crippen LogP contribution < -0.4 is 5.32 Å². The number of carbonyl (C=O) groups excluding carboxylic acids is 1. The normalized spacial score (nSPS) is 11.1. The number of anilines is 1. The van der Waals surface area contributed by atoms with Gasteiger partial charge < -0.3 is 10.4 Å². The minimum Gasteiger partial charge on any atom is -0.481 e. The standard InChI is InChI=1S/C10H7ClF3NO3/c11-7-2-1-5(3-6(7)10(12,13)14)15-8(16)4-9(17)18/h1-3H,4H2,(H,15,16)(H,17,18). The molecule has 0 saturated carbocycles. The molecule has 18 heavy (non-hydrogen) atoms. The summed E-state index contributed by atoms with van der Waals surface area (Å²) >= 11 is 5.37. The molecule has 0 aromatic heterocycles. The summed E-state index contributed by atoms with van der Waals surface area (Å²) in [7, 11) is 0. The number of carbonyl (C=O) groups is 2. The van der Waals surface area contributed by atoms with Crippen LogP contribution in [0.4, 0.5) is 18.9 Å². The van der Waals surface area contributed by atoms with Gasteiger partial charge in [0.1, 0.15) is 6.42 Å². The average Bonchev–Trinajstić information content (AvgIpc) is 2.17. The SMILES string of the molecule is O=C(O)CC(=O)Nc1ccc(Cl)c(C(F)(F)F)c1. The molecule has 1 aromatic rings. The van der Waals surface area contributed by atoms with Crippen molar-refractivity contribution in [3.8, 4) is 0 Å². The number of hydrogen-bond acceptors (Lipinski definition) is 2. The van der Waals surface area contributed by atoms with Crippen molar-refractivity contribution >= 4 is 29.2 Å². The van der Waals surface area contributed by atoms with E-state index in [-0.39, 0.29) is 5.69 Å². The fraction of sp³-hybridized carbons (Fsp3) is 0.200. The van der Waals surface area contributed by atoms with E-state index < -0.39 is 35.1 Å². The van der Waals surface area contributed by atoms with Crippen LogP contribution in [0.2, 0.25) is 5.02 Å². The summed E-state index contributed by atoms with van der Waals surface area (Å²) in [5.41, 5.74) is -1.27. The summed E-state index contributed by atoms with van der Waals surface area (Å²) in [6.07, 6.45) is -5.48. The van der Waals surface area contributed by atoms with Gasteiger partial charge in [0.25, 0.3) is 0 Å². The Labute approximate surface area is 104 Å². The summed E-state index contributed by atoms with van der Waals surface area (Å²) in [6, 6.07) is 2.76. The molecule has 0 radical (unpaired) electrons. The number of aliphatic carboxylic acids is 1. The summed E-state index contributed by atoms with van der Waals surface area (Å²) in [4.78, 5) is 21.3. The molecule has 0 aliphatic rings. The van der Waals surface area contributed by atoms with Crippen molar-refractivity contribution < 1.29 is 27.9 Å². The molecule has 0 unspecified atom stereocenters. The first kappa shape index (κ1) is 14.3. The summed E-state index contributed by atoms with van der Waals surface area (Å²) in [5, 5.41) is 9.86. The predicted octanol–water partition coefficient (Wildman–Crippen LogP) is 2.77. The molecule has 0 atom stereocenters. The largest absolute Gasteiger partial charge is 0.481 e. The van der Waals surface area contributed by atoms with Crippen molar-refractivity contribution in [2.75, 3.05) is 5.32 Å². The van der Waals surface area contributed by atoms with E-state index in [0.717, 1.165) is 12.1 Å². The molecule has 8 heteroatoms. The minimum absolute atomic E-state index is 0.169. The van der Waals surface area contributed by atoms with Crippen LogP contribution in [0.15, 0.2) is 18.2 Å². The van der Waals surface area contributed by atoms with Gasteiger partial charge in [0.2, 0.25) is 5.91 Å². The van der Waals surface area contributed by atoms with Crippen LogP contribution in [0.25, 0.3) is 0 Å². The highest BCUT2D eigenvalue weighted by Crippen LogP contribution is 2.36. The Kier molecular flexibility index (Phi) is 4.18. The van der Waals surface area contributed by atoms with Crippen molar-refractivity contribution in [3.05, 3.63) is 28.8 Å². The zero-order valence-electron chi connectivity index (χ0n) is 8.71. The van der Waals surface area contributed by atoms with Gasteiger partial charge in [0, 0.05) is 5.69 Å².